The SMILES string of the molecule is Cc1cnc2c(c1)C1(CCN(C(=O)CO)CC1)C(=O)N2. The second-order valence-corrected chi connectivity index (χ2v) is 5.48. The molecule has 0 aliphatic carbocycles. The topological polar surface area (TPSA) is 82.5 Å². The molecule has 20 heavy (non-hydrogen) atoms. The summed E-state index contributed by atoms with van der Waals surface area (Å²) in [5, 5.41) is 11.7. The van der Waals surface area contributed by atoms with Gasteiger partial charge in [-0.15, -0.1) is 0 Å². The van der Waals surface area contributed by atoms with E-state index in [9.17, 15) is 9.59 Å². The van der Waals surface area contributed by atoms with Gasteiger partial charge in [0.05, 0.1) is 5.41 Å². The lowest BCUT2D eigenvalue weighted by Crippen LogP contribution is -2.48. The zero-order valence-corrected chi connectivity index (χ0v) is 11.3. The molecule has 3 heterocycles. The maximum atomic E-state index is 12.4. The van der Waals surface area contributed by atoms with Gasteiger partial charge in [-0.1, -0.05) is 0 Å². The maximum Gasteiger partial charge on any atom is 0.248 e. The molecule has 0 saturated carbocycles. The second kappa shape index (κ2) is 4.56. The Hall–Kier alpha value is -1.95. The highest BCUT2D eigenvalue weighted by molar-refractivity contribution is 6.05. The van der Waals surface area contributed by atoms with Crippen molar-refractivity contribution in [3.8, 4) is 0 Å². The molecule has 6 heteroatoms. The molecule has 1 spiro atoms. The molecule has 0 bridgehead atoms. The number of aliphatic hydroxyl groups is 1. The number of carbonyl (C=O) groups excluding carboxylic acids is 2. The lowest BCUT2D eigenvalue weighted by atomic mass is 9.74. The van der Waals surface area contributed by atoms with Gasteiger partial charge in [-0.2, -0.15) is 0 Å². The summed E-state index contributed by atoms with van der Waals surface area (Å²) in [4.78, 5) is 29.8. The number of aliphatic hydroxyl groups excluding tert-OH is 1. The van der Waals surface area contributed by atoms with Crippen LogP contribution in [0.4, 0.5) is 5.82 Å². The summed E-state index contributed by atoms with van der Waals surface area (Å²) in [6.07, 6.45) is 2.88. The molecule has 2 amide bonds. The van der Waals surface area contributed by atoms with Gasteiger partial charge in [-0.3, -0.25) is 9.59 Å². The summed E-state index contributed by atoms with van der Waals surface area (Å²) in [5.74, 6) is 0.338. The molecule has 0 atom stereocenters. The minimum absolute atomic E-state index is 0.0262. The fourth-order valence-corrected chi connectivity index (χ4v) is 3.12. The number of anilines is 1. The van der Waals surface area contributed by atoms with E-state index in [-0.39, 0.29) is 11.8 Å². The standard InChI is InChI=1S/C14H17N3O3/c1-9-6-10-12(15-7-9)16-13(20)14(10)2-4-17(5-3-14)11(19)8-18/h6-7,18H,2-5,8H2,1H3,(H,15,16,20). The third-order valence-corrected chi connectivity index (χ3v) is 4.31. The quantitative estimate of drug-likeness (QED) is 0.766. The van der Waals surface area contributed by atoms with Crippen LogP contribution in [0, 0.1) is 6.92 Å². The van der Waals surface area contributed by atoms with Crippen molar-refractivity contribution < 1.29 is 14.7 Å². The van der Waals surface area contributed by atoms with Gasteiger partial charge in [-0.25, -0.2) is 4.98 Å². The molecule has 2 N–H and O–H groups in total. The van der Waals surface area contributed by atoms with Crippen molar-refractivity contribution in [1.82, 2.24) is 9.88 Å². The van der Waals surface area contributed by atoms with Crippen LogP contribution in [0.5, 0.6) is 0 Å². The van der Waals surface area contributed by atoms with Crippen molar-refractivity contribution in [3.63, 3.8) is 0 Å². The number of nitrogens with zero attached hydrogens (tertiary/aromatic N) is 2. The molecule has 2 aliphatic heterocycles. The van der Waals surface area contributed by atoms with Crippen molar-refractivity contribution >= 4 is 17.6 Å². The normalized spacial score (nSPS) is 19.9. The average molecular weight is 275 g/mol. The number of aryl methyl sites for hydroxylation is 1. The number of hydrogen-bond acceptors (Lipinski definition) is 4. The molecular weight excluding hydrogens is 258 g/mol. The van der Waals surface area contributed by atoms with E-state index < -0.39 is 12.0 Å². The Morgan fingerprint density at radius 2 is 2.20 bits per heavy atom. The number of piperidine rings is 1. The molecule has 106 valence electrons. The molecule has 0 aromatic carbocycles. The van der Waals surface area contributed by atoms with Crippen LogP contribution in [0.3, 0.4) is 0 Å². The van der Waals surface area contributed by atoms with Crippen LogP contribution < -0.4 is 5.32 Å². The van der Waals surface area contributed by atoms with Crippen LogP contribution in [-0.2, 0) is 15.0 Å². The first-order chi connectivity index (χ1) is 9.56. The first-order valence-corrected chi connectivity index (χ1v) is 6.74. The van der Waals surface area contributed by atoms with Crippen LogP contribution in [0.1, 0.15) is 24.0 Å². The first kappa shape index (κ1) is 13.1. The molecule has 1 aromatic heterocycles. The van der Waals surface area contributed by atoms with E-state index in [1.54, 1.807) is 11.1 Å². The van der Waals surface area contributed by atoms with Crippen molar-refractivity contribution in [1.29, 1.82) is 0 Å². The van der Waals surface area contributed by atoms with Gasteiger partial charge in [-0.05, 0) is 31.4 Å². The Morgan fingerprint density at radius 3 is 2.85 bits per heavy atom. The van der Waals surface area contributed by atoms with E-state index >= 15 is 0 Å². The number of hydrogen-bond donors (Lipinski definition) is 2. The fraction of sp³-hybridized carbons (Fsp3) is 0.500. The molecule has 2 aliphatic rings. The highest BCUT2D eigenvalue weighted by atomic mass is 16.3. The molecular formula is C14H17N3O3. The van der Waals surface area contributed by atoms with Gasteiger partial charge in [0, 0.05) is 24.8 Å². The van der Waals surface area contributed by atoms with Crippen molar-refractivity contribution in [2.24, 2.45) is 0 Å². The van der Waals surface area contributed by atoms with E-state index in [1.807, 2.05) is 13.0 Å². The van der Waals surface area contributed by atoms with E-state index in [2.05, 4.69) is 10.3 Å². The number of aromatic nitrogens is 1. The van der Waals surface area contributed by atoms with E-state index in [1.165, 1.54) is 0 Å². The highest BCUT2D eigenvalue weighted by Gasteiger charge is 2.49. The maximum absolute atomic E-state index is 12.4. The first-order valence-electron chi connectivity index (χ1n) is 6.74. The zero-order chi connectivity index (χ0) is 14.3. The third kappa shape index (κ3) is 1.79. The fourth-order valence-electron chi connectivity index (χ4n) is 3.12. The Balaban J connectivity index is 1.90. The Labute approximate surface area is 116 Å². The number of amides is 2. The van der Waals surface area contributed by atoms with Crippen LogP contribution in [0.25, 0.3) is 0 Å². The summed E-state index contributed by atoms with van der Waals surface area (Å²) < 4.78 is 0. The molecule has 0 radical (unpaired) electrons. The van der Waals surface area contributed by atoms with Crippen molar-refractivity contribution in [2.45, 2.75) is 25.2 Å². The van der Waals surface area contributed by atoms with Gasteiger partial charge in [0.15, 0.2) is 0 Å². The number of rotatable bonds is 1. The van der Waals surface area contributed by atoms with Gasteiger partial charge >= 0.3 is 0 Å². The Kier molecular flexibility index (Phi) is 2.97. The summed E-state index contributed by atoms with van der Waals surface area (Å²) in [6.45, 7) is 2.45. The number of carbonyl (C=O) groups is 2. The summed E-state index contributed by atoms with van der Waals surface area (Å²) in [6, 6.07) is 2.00. The van der Waals surface area contributed by atoms with Crippen LogP contribution >= 0.6 is 0 Å². The highest BCUT2D eigenvalue weighted by Crippen LogP contribution is 2.44. The van der Waals surface area contributed by atoms with Gasteiger partial charge < -0.3 is 15.3 Å². The predicted molar refractivity (Wildman–Crippen MR) is 72.2 cm³/mol. The third-order valence-electron chi connectivity index (χ3n) is 4.31. The van der Waals surface area contributed by atoms with Gasteiger partial charge in [0.2, 0.25) is 11.8 Å². The van der Waals surface area contributed by atoms with Crippen LogP contribution in [-0.4, -0.2) is 46.5 Å². The average Bonchev–Trinajstić information content (AvgIpc) is 2.72. The number of nitrogens with one attached hydrogen (secondary N) is 1. The van der Waals surface area contributed by atoms with Crippen LogP contribution in [0.2, 0.25) is 0 Å². The second-order valence-electron chi connectivity index (χ2n) is 5.48. The Bertz CT molecular complexity index is 577. The van der Waals surface area contributed by atoms with E-state index in [0.717, 1.165) is 11.1 Å². The lowest BCUT2D eigenvalue weighted by Gasteiger charge is -2.37. The smallest absolute Gasteiger partial charge is 0.248 e. The lowest BCUT2D eigenvalue weighted by molar-refractivity contribution is -0.137. The Morgan fingerprint density at radius 1 is 1.50 bits per heavy atom. The molecule has 6 nitrogen and oxygen atoms in total. The van der Waals surface area contributed by atoms with Crippen molar-refractivity contribution in [3.05, 3.63) is 23.4 Å². The summed E-state index contributed by atoms with van der Waals surface area (Å²) in [5.41, 5.74) is 1.40. The molecule has 1 fully saturated rings. The van der Waals surface area contributed by atoms with Gasteiger partial charge in [0.1, 0.15) is 12.4 Å². The number of likely N-dealkylation sites (tertiary alicyclic amines) is 1. The predicted octanol–water partition coefficient (Wildman–Crippen LogP) is 0.195. The van der Waals surface area contributed by atoms with E-state index in [0.29, 0.717) is 31.7 Å². The largest absolute Gasteiger partial charge is 0.387 e. The summed E-state index contributed by atoms with van der Waals surface area (Å²) >= 11 is 0. The molecule has 3 rings (SSSR count). The molecule has 0 unspecified atom stereocenters. The minimum atomic E-state index is -0.569. The van der Waals surface area contributed by atoms with Crippen molar-refractivity contribution in [2.75, 3.05) is 25.0 Å². The monoisotopic (exact) mass is 275 g/mol. The van der Waals surface area contributed by atoms with Crippen LogP contribution in [0.15, 0.2) is 12.3 Å². The van der Waals surface area contributed by atoms with E-state index in [4.69, 9.17) is 5.11 Å². The molecule has 1 aromatic rings. The number of fused-ring (bicyclic) bond motifs is 2. The van der Waals surface area contributed by atoms with Gasteiger partial charge in [0.25, 0.3) is 0 Å². The molecule has 1 saturated heterocycles. The zero-order valence-electron chi connectivity index (χ0n) is 11.3. The number of pyridine rings is 1. The minimum Gasteiger partial charge on any atom is -0.387 e. The summed E-state index contributed by atoms with van der Waals surface area (Å²) in [7, 11) is 0.